The first-order valence-corrected chi connectivity index (χ1v) is 6.61. The van der Waals surface area contributed by atoms with E-state index >= 15 is 0 Å². The number of benzene rings is 1. The quantitative estimate of drug-likeness (QED) is 0.900. The van der Waals surface area contributed by atoms with Crippen molar-refractivity contribution >= 4 is 22.9 Å². The summed E-state index contributed by atoms with van der Waals surface area (Å²) in [5.41, 5.74) is 0.735. The van der Waals surface area contributed by atoms with Crippen LogP contribution in [0.5, 0.6) is 5.75 Å². The van der Waals surface area contributed by atoms with E-state index in [0.717, 1.165) is 17.9 Å². The van der Waals surface area contributed by atoms with E-state index in [4.69, 9.17) is 4.74 Å². The average Bonchev–Trinajstić information content (AvgIpc) is 2.92. The van der Waals surface area contributed by atoms with Gasteiger partial charge in [-0.05, 0) is 30.7 Å². The van der Waals surface area contributed by atoms with E-state index in [9.17, 15) is 4.79 Å². The molecule has 94 valence electrons. The summed E-state index contributed by atoms with van der Waals surface area (Å²) in [6, 6.07) is 7.31. The molecule has 0 fully saturated rings. The van der Waals surface area contributed by atoms with Crippen LogP contribution in [0.1, 0.15) is 23.1 Å². The van der Waals surface area contributed by atoms with Gasteiger partial charge in [0.15, 0.2) is 5.01 Å². The number of aromatic nitrogens is 1. The lowest BCUT2D eigenvalue weighted by Crippen LogP contribution is -2.11. The fraction of sp³-hybridized carbons (Fsp3) is 0.231. The Hall–Kier alpha value is -1.88. The lowest BCUT2D eigenvalue weighted by atomic mass is 10.3. The molecule has 0 aliphatic carbocycles. The summed E-state index contributed by atoms with van der Waals surface area (Å²) in [6.07, 6.45) is 2.59. The predicted molar refractivity (Wildman–Crippen MR) is 72.3 cm³/mol. The van der Waals surface area contributed by atoms with Crippen molar-refractivity contribution in [3.05, 3.63) is 40.8 Å². The SMILES string of the molecule is CCCOc1ccc(NC(=O)c2nccs2)cc1. The van der Waals surface area contributed by atoms with Crippen LogP contribution in [-0.4, -0.2) is 17.5 Å². The normalized spacial score (nSPS) is 10.1. The van der Waals surface area contributed by atoms with Crippen molar-refractivity contribution in [3.8, 4) is 5.75 Å². The Bertz CT molecular complexity index is 494. The number of nitrogens with one attached hydrogen (secondary N) is 1. The fourth-order valence-corrected chi connectivity index (χ4v) is 1.90. The van der Waals surface area contributed by atoms with Gasteiger partial charge in [-0.2, -0.15) is 0 Å². The summed E-state index contributed by atoms with van der Waals surface area (Å²) >= 11 is 1.32. The van der Waals surface area contributed by atoms with E-state index in [2.05, 4.69) is 17.2 Å². The second-order valence-corrected chi connectivity index (χ2v) is 4.56. The summed E-state index contributed by atoms with van der Waals surface area (Å²) in [7, 11) is 0. The second-order valence-electron chi connectivity index (χ2n) is 3.66. The van der Waals surface area contributed by atoms with Gasteiger partial charge >= 0.3 is 0 Å². The van der Waals surface area contributed by atoms with Gasteiger partial charge in [0.25, 0.3) is 5.91 Å². The fourth-order valence-electron chi connectivity index (χ4n) is 1.37. The smallest absolute Gasteiger partial charge is 0.284 e. The average molecular weight is 262 g/mol. The molecule has 2 aromatic rings. The van der Waals surface area contributed by atoms with Gasteiger partial charge in [0.05, 0.1) is 6.61 Å². The monoisotopic (exact) mass is 262 g/mol. The molecule has 0 atom stereocenters. The topological polar surface area (TPSA) is 51.2 Å². The number of amides is 1. The minimum atomic E-state index is -0.188. The van der Waals surface area contributed by atoms with Gasteiger partial charge in [-0.1, -0.05) is 6.92 Å². The van der Waals surface area contributed by atoms with Crippen LogP contribution in [0.4, 0.5) is 5.69 Å². The maximum atomic E-state index is 11.7. The standard InChI is InChI=1S/C13H14N2O2S/c1-2-8-17-11-5-3-10(4-6-11)15-12(16)13-14-7-9-18-13/h3-7,9H,2,8H2,1H3,(H,15,16). The largest absolute Gasteiger partial charge is 0.494 e. The van der Waals surface area contributed by atoms with E-state index in [1.165, 1.54) is 11.3 Å². The molecule has 1 amide bonds. The molecule has 1 aromatic heterocycles. The van der Waals surface area contributed by atoms with Crippen LogP contribution in [0.25, 0.3) is 0 Å². The molecular formula is C13H14N2O2S. The van der Waals surface area contributed by atoms with Gasteiger partial charge in [-0.3, -0.25) is 4.79 Å². The Kier molecular flexibility index (Phi) is 4.30. The summed E-state index contributed by atoms with van der Waals surface area (Å²) < 4.78 is 5.46. The molecule has 0 unspecified atom stereocenters. The molecule has 0 bridgehead atoms. The molecule has 0 aliphatic heterocycles. The van der Waals surface area contributed by atoms with Crippen LogP contribution in [0.15, 0.2) is 35.8 Å². The number of rotatable bonds is 5. The first-order valence-electron chi connectivity index (χ1n) is 5.73. The highest BCUT2D eigenvalue weighted by Gasteiger charge is 2.08. The van der Waals surface area contributed by atoms with Gasteiger partial charge in [0, 0.05) is 17.3 Å². The molecule has 4 nitrogen and oxygen atoms in total. The molecule has 0 radical (unpaired) electrons. The maximum absolute atomic E-state index is 11.7. The number of thiazole rings is 1. The number of anilines is 1. The van der Waals surface area contributed by atoms with E-state index in [0.29, 0.717) is 11.6 Å². The lowest BCUT2D eigenvalue weighted by molar-refractivity contribution is 0.102. The van der Waals surface area contributed by atoms with Crippen molar-refractivity contribution in [2.24, 2.45) is 0 Å². The second kappa shape index (κ2) is 6.16. The summed E-state index contributed by atoms with van der Waals surface area (Å²) in [5.74, 6) is 0.622. The van der Waals surface area contributed by atoms with Crippen molar-refractivity contribution in [2.75, 3.05) is 11.9 Å². The minimum absolute atomic E-state index is 0.188. The number of carbonyl (C=O) groups is 1. The van der Waals surface area contributed by atoms with Gasteiger partial charge < -0.3 is 10.1 Å². The van der Waals surface area contributed by atoms with E-state index in [-0.39, 0.29) is 5.91 Å². The third kappa shape index (κ3) is 3.30. The van der Waals surface area contributed by atoms with Crippen molar-refractivity contribution in [1.29, 1.82) is 0 Å². The van der Waals surface area contributed by atoms with E-state index in [1.807, 2.05) is 24.3 Å². The molecule has 0 spiro atoms. The number of carbonyl (C=O) groups excluding carboxylic acids is 1. The number of hydrogen-bond donors (Lipinski definition) is 1. The van der Waals surface area contributed by atoms with Gasteiger partial charge in [-0.25, -0.2) is 4.98 Å². The third-order valence-corrected chi connectivity index (χ3v) is 2.98. The Morgan fingerprint density at radius 1 is 1.39 bits per heavy atom. The minimum Gasteiger partial charge on any atom is -0.494 e. The van der Waals surface area contributed by atoms with Crippen LogP contribution < -0.4 is 10.1 Å². The van der Waals surface area contributed by atoms with Crippen molar-refractivity contribution in [3.63, 3.8) is 0 Å². The molecule has 1 heterocycles. The van der Waals surface area contributed by atoms with E-state index < -0.39 is 0 Å². The number of ether oxygens (including phenoxy) is 1. The zero-order valence-corrected chi connectivity index (χ0v) is 10.9. The van der Waals surface area contributed by atoms with Crippen LogP contribution >= 0.6 is 11.3 Å². The van der Waals surface area contributed by atoms with Gasteiger partial charge in [0.2, 0.25) is 0 Å². The first-order chi connectivity index (χ1) is 8.79. The van der Waals surface area contributed by atoms with E-state index in [1.54, 1.807) is 11.6 Å². The van der Waals surface area contributed by atoms with Crippen LogP contribution in [0, 0.1) is 0 Å². The van der Waals surface area contributed by atoms with Gasteiger partial charge in [0.1, 0.15) is 5.75 Å². The van der Waals surface area contributed by atoms with Crippen molar-refractivity contribution in [2.45, 2.75) is 13.3 Å². The Morgan fingerprint density at radius 3 is 2.78 bits per heavy atom. The molecule has 5 heteroatoms. The molecule has 0 aliphatic rings. The first kappa shape index (κ1) is 12.6. The van der Waals surface area contributed by atoms with Crippen molar-refractivity contribution in [1.82, 2.24) is 4.98 Å². The zero-order chi connectivity index (χ0) is 12.8. The summed E-state index contributed by atoms with van der Waals surface area (Å²) in [4.78, 5) is 15.7. The van der Waals surface area contributed by atoms with Crippen LogP contribution in [0.2, 0.25) is 0 Å². The van der Waals surface area contributed by atoms with Gasteiger partial charge in [-0.15, -0.1) is 11.3 Å². The Balaban J connectivity index is 1.96. The Morgan fingerprint density at radius 2 is 2.17 bits per heavy atom. The zero-order valence-electron chi connectivity index (χ0n) is 10.1. The molecule has 0 saturated heterocycles. The highest BCUT2D eigenvalue weighted by atomic mass is 32.1. The molecule has 2 rings (SSSR count). The highest BCUT2D eigenvalue weighted by Crippen LogP contribution is 2.17. The molecule has 1 N–H and O–H groups in total. The molecule has 18 heavy (non-hydrogen) atoms. The molecule has 0 saturated carbocycles. The summed E-state index contributed by atoms with van der Waals surface area (Å²) in [6.45, 7) is 2.76. The summed E-state index contributed by atoms with van der Waals surface area (Å²) in [5, 5.41) is 5.01. The van der Waals surface area contributed by atoms with Crippen molar-refractivity contribution < 1.29 is 9.53 Å². The Labute approximate surface area is 110 Å². The number of nitrogens with zero attached hydrogens (tertiary/aromatic N) is 1. The molecular weight excluding hydrogens is 248 g/mol. The molecule has 1 aromatic carbocycles. The van der Waals surface area contributed by atoms with Crippen LogP contribution in [-0.2, 0) is 0 Å². The highest BCUT2D eigenvalue weighted by molar-refractivity contribution is 7.11. The third-order valence-electron chi connectivity index (χ3n) is 2.21. The van der Waals surface area contributed by atoms with Crippen LogP contribution in [0.3, 0.4) is 0 Å². The predicted octanol–water partition coefficient (Wildman–Crippen LogP) is 3.18. The number of hydrogen-bond acceptors (Lipinski definition) is 4. The maximum Gasteiger partial charge on any atom is 0.284 e. The lowest BCUT2D eigenvalue weighted by Gasteiger charge is -2.06.